The lowest BCUT2D eigenvalue weighted by atomic mass is 10.1. The van der Waals surface area contributed by atoms with Gasteiger partial charge in [-0.15, -0.1) is 0 Å². The fraction of sp³-hybridized carbons (Fsp3) is 0.250. The van der Waals surface area contributed by atoms with Crippen LogP contribution in [0.2, 0.25) is 0 Å². The van der Waals surface area contributed by atoms with E-state index in [9.17, 15) is 9.50 Å². The van der Waals surface area contributed by atoms with Crippen molar-refractivity contribution >= 4 is 0 Å². The summed E-state index contributed by atoms with van der Waals surface area (Å²) >= 11 is 0. The lowest BCUT2D eigenvalue weighted by Gasteiger charge is -2.15. The van der Waals surface area contributed by atoms with Gasteiger partial charge in [-0.1, -0.05) is 29.8 Å². The van der Waals surface area contributed by atoms with Gasteiger partial charge in [-0.3, -0.25) is 0 Å². The van der Waals surface area contributed by atoms with Gasteiger partial charge in [0, 0.05) is 18.2 Å². The van der Waals surface area contributed by atoms with Gasteiger partial charge in [0.1, 0.15) is 11.6 Å². The molecule has 2 N–H and O–H groups in total. The molecule has 0 amide bonds. The van der Waals surface area contributed by atoms with Crippen molar-refractivity contribution in [2.24, 2.45) is 0 Å². The molecule has 2 aromatic carbocycles. The molecule has 100 valence electrons. The van der Waals surface area contributed by atoms with E-state index < -0.39 is 0 Å². The lowest BCUT2D eigenvalue weighted by molar-refractivity contribution is 0.457. The summed E-state index contributed by atoms with van der Waals surface area (Å²) in [5.41, 5.74) is 2.96. The molecule has 0 heterocycles. The number of aryl methyl sites for hydroxylation is 1. The van der Waals surface area contributed by atoms with Crippen LogP contribution < -0.4 is 5.32 Å². The molecule has 2 nitrogen and oxygen atoms in total. The summed E-state index contributed by atoms with van der Waals surface area (Å²) in [4.78, 5) is 0. The van der Waals surface area contributed by atoms with Gasteiger partial charge in [0.2, 0.25) is 0 Å². The Bertz CT molecular complexity index is 551. The highest BCUT2D eigenvalue weighted by atomic mass is 19.1. The van der Waals surface area contributed by atoms with Gasteiger partial charge in [0.05, 0.1) is 0 Å². The third-order valence-electron chi connectivity index (χ3n) is 3.22. The van der Waals surface area contributed by atoms with Crippen LogP contribution >= 0.6 is 0 Å². The van der Waals surface area contributed by atoms with E-state index in [0.29, 0.717) is 12.1 Å². The van der Waals surface area contributed by atoms with Crippen LogP contribution in [0.5, 0.6) is 5.75 Å². The minimum Gasteiger partial charge on any atom is -0.508 e. The molecule has 1 atom stereocenters. The fourth-order valence-electron chi connectivity index (χ4n) is 1.93. The van der Waals surface area contributed by atoms with Crippen molar-refractivity contribution in [2.45, 2.75) is 26.4 Å². The first kappa shape index (κ1) is 13.6. The maximum atomic E-state index is 13.1. The van der Waals surface area contributed by atoms with Crippen LogP contribution in [0.25, 0.3) is 0 Å². The van der Waals surface area contributed by atoms with Crippen molar-refractivity contribution in [1.82, 2.24) is 5.32 Å². The molecular formula is C16H18FNO. The van der Waals surface area contributed by atoms with Crippen LogP contribution in [-0.2, 0) is 6.54 Å². The van der Waals surface area contributed by atoms with Crippen molar-refractivity contribution in [3.8, 4) is 5.75 Å². The molecule has 2 aromatic rings. The first-order valence-corrected chi connectivity index (χ1v) is 6.33. The van der Waals surface area contributed by atoms with Gasteiger partial charge in [-0.05, 0) is 37.6 Å². The van der Waals surface area contributed by atoms with Crippen molar-refractivity contribution in [3.63, 3.8) is 0 Å². The maximum absolute atomic E-state index is 13.1. The molecule has 0 aliphatic rings. The quantitative estimate of drug-likeness (QED) is 0.877. The Hall–Kier alpha value is -1.87. The Kier molecular flexibility index (Phi) is 4.17. The molecule has 0 radical (unpaired) electrons. The normalized spacial score (nSPS) is 12.4. The molecule has 0 unspecified atom stereocenters. The SMILES string of the molecule is Cc1ccc([C@H](C)NCc2cc(F)ccc2O)cc1. The molecule has 0 bridgehead atoms. The van der Waals surface area contributed by atoms with Crippen molar-refractivity contribution < 1.29 is 9.50 Å². The van der Waals surface area contributed by atoms with Crippen LogP contribution in [0, 0.1) is 12.7 Å². The number of rotatable bonds is 4. The highest BCUT2D eigenvalue weighted by Gasteiger charge is 2.07. The Morgan fingerprint density at radius 1 is 1.16 bits per heavy atom. The van der Waals surface area contributed by atoms with Gasteiger partial charge in [-0.2, -0.15) is 0 Å². The Morgan fingerprint density at radius 2 is 1.84 bits per heavy atom. The standard InChI is InChI=1S/C16H18FNO/c1-11-3-5-13(6-4-11)12(2)18-10-14-9-15(17)7-8-16(14)19/h3-9,12,18-19H,10H2,1-2H3/t12-/m0/s1. The number of halogens is 1. The summed E-state index contributed by atoms with van der Waals surface area (Å²) in [5.74, 6) is -0.220. The van der Waals surface area contributed by atoms with Gasteiger partial charge >= 0.3 is 0 Å². The molecule has 0 fully saturated rings. The summed E-state index contributed by atoms with van der Waals surface area (Å²) in [7, 11) is 0. The van der Waals surface area contributed by atoms with Crippen LogP contribution in [0.3, 0.4) is 0 Å². The zero-order chi connectivity index (χ0) is 13.8. The van der Waals surface area contributed by atoms with E-state index in [2.05, 4.69) is 29.6 Å². The van der Waals surface area contributed by atoms with Crippen molar-refractivity contribution in [2.75, 3.05) is 0 Å². The molecule has 0 aliphatic heterocycles. The van der Waals surface area contributed by atoms with Crippen LogP contribution in [0.1, 0.15) is 29.7 Å². The van der Waals surface area contributed by atoms with E-state index in [1.807, 2.05) is 13.8 Å². The summed E-state index contributed by atoms with van der Waals surface area (Å²) < 4.78 is 13.1. The minimum absolute atomic E-state index is 0.116. The fourth-order valence-corrected chi connectivity index (χ4v) is 1.93. The van der Waals surface area contributed by atoms with E-state index in [1.54, 1.807) is 0 Å². The average molecular weight is 259 g/mol. The number of benzene rings is 2. The molecule has 0 aliphatic carbocycles. The van der Waals surface area contributed by atoms with Gasteiger partial charge in [0.25, 0.3) is 0 Å². The smallest absolute Gasteiger partial charge is 0.123 e. The molecule has 3 heteroatoms. The summed E-state index contributed by atoms with van der Waals surface area (Å²) in [6, 6.07) is 12.4. The van der Waals surface area contributed by atoms with Gasteiger partial charge in [-0.25, -0.2) is 4.39 Å². The third-order valence-corrected chi connectivity index (χ3v) is 3.22. The second kappa shape index (κ2) is 5.85. The lowest BCUT2D eigenvalue weighted by Crippen LogP contribution is -2.18. The Balaban J connectivity index is 2.02. The van der Waals surface area contributed by atoms with Crippen LogP contribution in [-0.4, -0.2) is 5.11 Å². The number of phenolic OH excluding ortho intramolecular Hbond substituents is 1. The van der Waals surface area contributed by atoms with Crippen LogP contribution in [0.15, 0.2) is 42.5 Å². The van der Waals surface area contributed by atoms with Crippen LogP contribution in [0.4, 0.5) is 4.39 Å². The number of phenols is 1. The van der Waals surface area contributed by atoms with E-state index in [-0.39, 0.29) is 17.6 Å². The maximum Gasteiger partial charge on any atom is 0.123 e. The van der Waals surface area contributed by atoms with Crippen molar-refractivity contribution in [1.29, 1.82) is 0 Å². The first-order chi connectivity index (χ1) is 9.06. The van der Waals surface area contributed by atoms with Crippen molar-refractivity contribution in [3.05, 3.63) is 65.0 Å². The molecule has 0 saturated heterocycles. The minimum atomic E-state index is -0.336. The number of nitrogens with one attached hydrogen (secondary N) is 1. The zero-order valence-electron chi connectivity index (χ0n) is 11.2. The molecule has 0 saturated carbocycles. The average Bonchev–Trinajstić information content (AvgIpc) is 2.40. The first-order valence-electron chi connectivity index (χ1n) is 6.33. The predicted octanol–water partition coefficient (Wildman–Crippen LogP) is 3.69. The summed E-state index contributed by atoms with van der Waals surface area (Å²) in [5, 5.41) is 12.9. The highest BCUT2D eigenvalue weighted by Crippen LogP contribution is 2.19. The monoisotopic (exact) mass is 259 g/mol. The number of hydrogen-bond acceptors (Lipinski definition) is 2. The van der Waals surface area contributed by atoms with Gasteiger partial charge < -0.3 is 10.4 Å². The largest absolute Gasteiger partial charge is 0.508 e. The molecule has 19 heavy (non-hydrogen) atoms. The highest BCUT2D eigenvalue weighted by molar-refractivity contribution is 5.32. The molecule has 0 spiro atoms. The molecular weight excluding hydrogens is 241 g/mol. The Labute approximate surface area is 112 Å². The van der Waals surface area contributed by atoms with E-state index in [1.165, 1.54) is 29.3 Å². The number of hydrogen-bond donors (Lipinski definition) is 2. The topological polar surface area (TPSA) is 32.3 Å². The van der Waals surface area contributed by atoms with E-state index in [0.717, 1.165) is 0 Å². The second-order valence-electron chi connectivity index (χ2n) is 4.79. The molecule has 2 rings (SSSR count). The van der Waals surface area contributed by atoms with Gasteiger partial charge in [0.15, 0.2) is 0 Å². The Morgan fingerprint density at radius 3 is 2.53 bits per heavy atom. The second-order valence-corrected chi connectivity index (χ2v) is 4.79. The third kappa shape index (κ3) is 3.55. The van der Waals surface area contributed by atoms with E-state index in [4.69, 9.17) is 0 Å². The number of aromatic hydroxyl groups is 1. The summed E-state index contributed by atoms with van der Waals surface area (Å²) in [6.45, 7) is 4.52. The predicted molar refractivity (Wildman–Crippen MR) is 74.5 cm³/mol. The zero-order valence-corrected chi connectivity index (χ0v) is 11.2. The van der Waals surface area contributed by atoms with E-state index >= 15 is 0 Å². The molecule has 0 aromatic heterocycles. The summed E-state index contributed by atoms with van der Waals surface area (Å²) in [6.07, 6.45) is 0.